The van der Waals surface area contributed by atoms with E-state index in [2.05, 4.69) is 51.2 Å². The van der Waals surface area contributed by atoms with Crippen molar-refractivity contribution in [2.45, 2.75) is 46.2 Å². The number of rotatable bonds is 5. The van der Waals surface area contributed by atoms with E-state index in [-0.39, 0.29) is 17.9 Å². The van der Waals surface area contributed by atoms with E-state index in [0.717, 1.165) is 12.0 Å². The lowest BCUT2D eigenvalue weighted by molar-refractivity contribution is 0.438. The van der Waals surface area contributed by atoms with Crippen LogP contribution in [0, 0.1) is 19.7 Å². The third-order valence-electron chi connectivity index (χ3n) is 4.03. The Morgan fingerprint density at radius 2 is 1.76 bits per heavy atom. The zero-order chi connectivity index (χ0) is 15.4. The summed E-state index contributed by atoms with van der Waals surface area (Å²) in [5, 5.41) is 3.56. The van der Waals surface area contributed by atoms with E-state index in [1.807, 2.05) is 12.1 Å². The van der Waals surface area contributed by atoms with Crippen molar-refractivity contribution in [3.8, 4) is 0 Å². The SMILES string of the molecule is CCC(NC(C)c1ccc(C)cc1C)c1ccccc1F. The summed E-state index contributed by atoms with van der Waals surface area (Å²) >= 11 is 0. The van der Waals surface area contributed by atoms with E-state index in [9.17, 15) is 4.39 Å². The normalized spacial score (nSPS) is 14.0. The Balaban J connectivity index is 2.20. The largest absolute Gasteiger partial charge is 0.303 e. The fourth-order valence-electron chi connectivity index (χ4n) is 2.89. The standard InChI is InChI=1S/C19H24FN/c1-5-19(17-8-6-7-9-18(17)20)21-15(4)16-11-10-13(2)12-14(16)3/h6-12,15,19,21H,5H2,1-4H3. The Kier molecular flexibility index (Phi) is 5.13. The van der Waals surface area contributed by atoms with E-state index >= 15 is 0 Å². The van der Waals surface area contributed by atoms with Gasteiger partial charge in [-0.3, -0.25) is 0 Å². The molecule has 2 aromatic rings. The van der Waals surface area contributed by atoms with Crippen LogP contribution in [0.2, 0.25) is 0 Å². The molecule has 0 aliphatic rings. The Morgan fingerprint density at radius 1 is 1.05 bits per heavy atom. The molecule has 0 amide bonds. The smallest absolute Gasteiger partial charge is 0.127 e. The van der Waals surface area contributed by atoms with E-state index in [0.29, 0.717) is 0 Å². The van der Waals surface area contributed by atoms with Crippen molar-refractivity contribution in [2.24, 2.45) is 0 Å². The van der Waals surface area contributed by atoms with E-state index in [1.54, 1.807) is 6.07 Å². The van der Waals surface area contributed by atoms with Crippen LogP contribution in [-0.4, -0.2) is 0 Å². The molecule has 112 valence electrons. The minimum Gasteiger partial charge on any atom is -0.303 e. The van der Waals surface area contributed by atoms with Gasteiger partial charge in [-0.1, -0.05) is 48.9 Å². The maximum atomic E-state index is 14.0. The Bertz CT molecular complexity index is 606. The summed E-state index contributed by atoms with van der Waals surface area (Å²) in [7, 11) is 0. The minimum atomic E-state index is -0.135. The van der Waals surface area contributed by atoms with Crippen LogP contribution in [0.15, 0.2) is 42.5 Å². The van der Waals surface area contributed by atoms with Crippen LogP contribution in [0.3, 0.4) is 0 Å². The molecule has 0 radical (unpaired) electrons. The van der Waals surface area contributed by atoms with Crippen molar-refractivity contribution in [1.82, 2.24) is 5.32 Å². The topological polar surface area (TPSA) is 12.0 Å². The highest BCUT2D eigenvalue weighted by Crippen LogP contribution is 2.25. The van der Waals surface area contributed by atoms with Gasteiger partial charge < -0.3 is 5.32 Å². The van der Waals surface area contributed by atoms with Gasteiger partial charge in [0, 0.05) is 17.6 Å². The molecular weight excluding hydrogens is 261 g/mol. The summed E-state index contributed by atoms with van der Waals surface area (Å²) in [6.07, 6.45) is 0.857. The summed E-state index contributed by atoms with van der Waals surface area (Å²) in [5.41, 5.74) is 4.56. The maximum Gasteiger partial charge on any atom is 0.127 e. The zero-order valence-corrected chi connectivity index (χ0v) is 13.3. The predicted octanol–water partition coefficient (Wildman–Crippen LogP) is 5.24. The van der Waals surface area contributed by atoms with E-state index in [1.165, 1.54) is 22.8 Å². The van der Waals surface area contributed by atoms with Crippen molar-refractivity contribution >= 4 is 0 Å². The van der Waals surface area contributed by atoms with Crippen molar-refractivity contribution in [3.63, 3.8) is 0 Å². The molecule has 0 heterocycles. The first kappa shape index (κ1) is 15.7. The fourth-order valence-corrected chi connectivity index (χ4v) is 2.89. The predicted molar refractivity (Wildman–Crippen MR) is 86.9 cm³/mol. The fraction of sp³-hybridized carbons (Fsp3) is 0.368. The highest BCUT2D eigenvalue weighted by molar-refractivity contribution is 5.33. The number of hydrogen-bond donors (Lipinski definition) is 1. The number of benzene rings is 2. The van der Waals surface area contributed by atoms with E-state index in [4.69, 9.17) is 0 Å². The molecule has 0 aliphatic carbocycles. The molecule has 0 aromatic heterocycles. The highest BCUT2D eigenvalue weighted by Gasteiger charge is 2.17. The first-order chi connectivity index (χ1) is 10.0. The molecule has 2 atom stereocenters. The molecular formula is C19H24FN. The lowest BCUT2D eigenvalue weighted by Gasteiger charge is -2.24. The van der Waals surface area contributed by atoms with Gasteiger partial charge in [-0.15, -0.1) is 0 Å². The van der Waals surface area contributed by atoms with Crippen LogP contribution in [-0.2, 0) is 0 Å². The summed E-state index contributed by atoms with van der Waals surface area (Å²) in [6, 6.07) is 13.7. The minimum absolute atomic E-state index is 0.0295. The molecule has 0 saturated heterocycles. The number of hydrogen-bond acceptors (Lipinski definition) is 1. The number of nitrogens with one attached hydrogen (secondary N) is 1. The molecule has 2 rings (SSSR count). The Morgan fingerprint density at radius 3 is 2.38 bits per heavy atom. The molecule has 1 N–H and O–H groups in total. The summed E-state index contributed by atoms with van der Waals surface area (Å²) in [5.74, 6) is -0.135. The Labute approximate surface area is 127 Å². The van der Waals surface area contributed by atoms with Gasteiger partial charge in [0.1, 0.15) is 5.82 Å². The number of halogens is 1. The van der Waals surface area contributed by atoms with Crippen molar-refractivity contribution < 1.29 is 4.39 Å². The zero-order valence-electron chi connectivity index (χ0n) is 13.3. The lowest BCUT2D eigenvalue weighted by Crippen LogP contribution is -2.25. The lowest BCUT2D eigenvalue weighted by atomic mass is 9.97. The molecule has 0 saturated carbocycles. The maximum absolute atomic E-state index is 14.0. The quantitative estimate of drug-likeness (QED) is 0.791. The number of aryl methyl sites for hydroxylation is 2. The van der Waals surface area contributed by atoms with Gasteiger partial charge >= 0.3 is 0 Å². The van der Waals surface area contributed by atoms with Gasteiger partial charge in [-0.25, -0.2) is 4.39 Å². The summed E-state index contributed by atoms with van der Waals surface area (Å²) < 4.78 is 14.0. The first-order valence-electron chi connectivity index (χ1n) is 7.60. The third kappa shape index (κ3) is 3.70. The second-order valence-corrected chi connectivity index (χ2v) is 5.73. The van der Waals surface area contributed by atoms with Crippen molar-refractivity contribution in [3.05, 3.63) is 70.5 Å². The molecule has 2 unspecified atom stereocenters. The third-order valence-corrected chi connectivity index (χ3v) is 4.03. The van der Waals surface area contributed by atoms with Gasteiger partial charge in [-0.05, 0) is 44.4 Å². The Hall–Kier alpha value is -1.67. The van der Waals surface area contributed by atoms with Crippen molar-refractivity contribution in [1.29, 1.82) is 0 Å². The molecule has 0 bridgehead atoms. The van der Waals surface area contributed by atoms with E-state index < -0.39 is 0 Å². The monoisotopic (exact) mass is 285 g/mol. The van der Waals surface area contributed by atoms with Gasteiger partial charge in [0.25, 0.3) is 0 Å². The molecule has 21 heavy (non-hydrogen) atoms. The van der Waals surface area contributed by atoms with Crippen LogP contribution in [0.5, 0.6) is 0 Å². The first-order valence-corrected chi connectivity index (χ1v) is 7.60. The van der Waals surface area contributed by atoms with Crippen LogP contribution in [0.4, 0.5) is 4.39 Å². The summed E-state index contributed by atoms with van der Waals surface area (Å²) in [6.45, 7) is 8.45. The second-order valence-electron chi connectivity index (χ2n) is 5.73. The second kappa shape index (κ2) is 6.86. The van der Waals surface area contributed by atoms with Crippen LogP contribution in [0.1, 0.15) is 54.6 Å². The van der Waals surface area contributed by atoms with Gasteiger partial charge in [0.2, 0.25) is 0 Å². The van der Waals surface area contributed by atoms with Gasteiger partial charge in [0.05, 0.1) is 0 Å². The average molecular weight is 285 g/mol. The molecule has 0 aliphatic heterocycles. The molecule has 2 heteroatoms. The summed E-state index contributed by atoms with van der Waals surface area (Å²) in [4.78, 5) is 0. The molecule has 1 nitrogen and oxygen atoms in total. The highest BCUT2D eigenvalue weighted by atomic mass is 19.1. The van der Waals surface area contributed by atoms with Crippen molar-refractivity contribution in [2.75, 3.05) is 0 Å². The van der Waals surface area contributed by atoms with Crippen LogP contribution < -0.4 is 5.32 Å². The van der Waals surface area contributed by atoms with Gasteiger partial charge in [-0.2, -0.15) is 0 Å². The average Bonchev–Trinajstić information content (AvgIpc) is 2.45. The molecule has 2 aromatic carbocycles. The van der Waals surface area contributed by atoms with Gasteiger partial charge in [0.15, 0.2) is 0 Å². The van der Waals surface area contributed by atoms with Crippen LogP contribution >= 0.6 is 0 Å². The van der Waals surface area contributed by atoms with Crippen LogP contribution in [0.25, 0.3) is 0 Å². The molecule has 0 fully saturated rings. The molecule has 0 spiro atoms.